The average Bonchev–Trinajstić information content (AvgIpc) is 2.85. The number of aryl methyl sites for hydroxylation is 2. The molecule has 0 spiro atoms. The molecule has 1 aromatic heterocycles. The van der Waals surface area contributed by atoms with Crippen molar-refractivity contribution in [2.75, 3.05) is 6.61 Å². The number of hydrogen-bond donors (Lipinski definition) is 0. The zero-order valence-electron chi connectivity index (χ0n) is 10.1. The number of rotatable bonds is 2. The van der Waals surface area contributed by atoms with Gasteiger partial charge in [-0.2, -0.15) is 0 Å². The third-order valence-corrected chi connectivity index (χ3v) is 3.51. The summed E-state index contributed by atoms with van der Waals surface area (Å²) >= 11 is 0. The number of carbonyl (C=O) groups excluding carboxylic acids is 1. The van der Waals surface area contributed by atoms with Crippen molar-refractivity contribution in [1.82, 2.24) is 4.57 Å². The van der Waals surface area contributed by atoms with Gasteiger partial charge in [-0.25, -0.2) is 4.79 Å². The first-order valence-corrected chi connectivity index (χ1v) is 6.02. The van der Waals surface area contributed by atoms with Gasteiger partial charge in [0.1, 0.15) is 0 Å². The molecule has 0 atom stereocenters. The largest absolute Gasteiger partial charge is 0.462 e. The van der Waals surface area contributed by atoms with Gasteiger partial charge in [-0.1, -0.05) is 18.2 Å². The van der Waals surface area contributed by atoms with E-state index in [-0.39, 0.29) is 5.97 Å². The van der Waals surface area contributed by atoms with Gasteiger partial charge in [0, 0.05) is 17.6 Å². The molecule has 1 aliphatic heterocycles. The van der Waals surface area contributed by atoms with E-state index in [4.69, 9.17) is 4.74 Å². The fourth-order valence-electron chi connectivity index (χ4n) is 2.78. The lowest BCUT2D eigenvalue weighted by molar-refractivity contribution is 0.0527. The molecule has 17 heavy (non-hydrogen) atoms. The zero-order valence-corrected chi connectivity index (χ0v) is 10.1. The van der Waals surface area contributed by atoms with E-state index in [0.717, 1.165) is 29.6 Å². The first kappa shape index (κ1) is 10.4. The normalized spacial score (nSPS) is 13.3. The molecule has 0 saturated carbocycles. The third-order valence-electron chi connectivity index (χ3n) is 3.51. The minimum Gasteiger partial charge on any atom is -0.462 e. The summed E-state index contributed by atoms with van der Waals surface area (Å²) in [7, 11) is 0. The summed E-state index contributed by atoms with van der Waals surface area (Å²) in [6, 6.07) is 6.18. The van der Waals surface area contributed by atoms with Gasteiger partial charge in [0.05, 0.1) is 17.7 Å². The molecule has 3 rings (SSSR count). The molecule has 88 valence electrons. The number of carbonyl (C=O) groups is 1. The van der Waals surface area contributed by atoms with E-state index < -0.39 is 0 Å². The van der Waals surface area contributed by atoms with Crippen LogP contribution >= 0.6 is 0 Å². The predicted molar refractivity (Wildman–Crippen MR) is 66.3 cm³/mol. The lowest BCUT2D eigenvalue weighted by atomic mass is 10.1. The standard InChI is InChI=1S/C14H15NO2/c1-3-17-14(16)12-9(2)15-8-7-10-5-4-6-11(12)13(10)15/h4-6H,3,7-8H2,1-2H3. The Morgan fingerprint density at radius 1 is 1.47 bits per heavy atom. The quantitative estimate of drug-likeness (QED) is 0.741. The summed E-state index contributed by atoms with van der Waals surface area (Å²) in [6.45, 7) is 5.23. The predicted octanol–water partition coefficient (Wildman–Crippen LogP) is 2.68. The van der Waals surface area contributed by atoms with Crippen LogP contribution in [0.1, 0.15) is 28.5 Å². The minimum absolute atomic E-state index is 0.201. The highest BCUT2D eigenvalue weighted by atomic mass is 16.5. The summed E-state index contributed by atoms with van der Waals surface area (Å²) in [6.07, 6.45) is 1.07. The van der Waals surface area contributed by atoms with Crippen molar-refractivity contribution in [2.45, 2.75) is 26.8 Å². The molecule has 0 saturated heterocycles. The molecule has 0 radical (unpaired) electrons. The van der Waals surface area contributed by atoms with Gasteiger partial charge in [0.2, 0.25) is 0 Å². The van der Waals surface area contributed by atoms with Gasteiger partial charge in [-0.05, 0) is 25.8 Å². The summed E-state index contributed by atoms with van der Waals surface area (Å²) in [5.74, 6) is -0.201. The number of esters is 1. The van der Waals surface area contributed by atoms with E-state index in [1.807, 2.05) is 26.0 Å². The fourth-order valence-corrected chi connectivity index (χ4v) is 2.78. The maximum absolute atomic E-state index is 12.0. The van der Waals surface area contributed by atoms with Crippen LogP contribution in [0.2, 0.25) is 0 Å². The Labute approximate surface area is 100.0 Å². The fraction of sp³-hybridized carbons (Fsp3) is 0.357. The van der Waals surface area contributed by atoms with Gasteiger partial charge in [0.25, 0.3) is 0 Å². The van der Waals surface area contributed by atoms with Crippen molar-refractivity contribution in [3.63, 3.8) is 0 Å². The van der Waals surface area contributed by atoms with E-state index in [0.29, 0.717) is 6.61 Å². The molecule has 1 aromatic carbocycles. The Morgan fingerprint density at radius 2 is 2.29 bits per heavy atom. The molecule has 0 fully saturated rings. The third kappa shape index (κ3) is 1.32. The Kier molecular flexibility index (Phi) is 2.21. The molecular formula is C14H15NO2. The van der Waals surface area contributed by atoms with Crippen LogP contribution in [0.5, 0.6) is 0 Å². The lowest BCUT2D eigenvalue weighted by Crippen LogP contribution is -2.07. The summed E-state index contributed by atoms with van der Waals surface area (Å²) in [4.78, 5) is 12.0. The molecule has 3 nitrogen and oxygen atoms in total. The first-order valence-electron chi connectivity index (χ1n) is 6.02. The topological polar surface area (TPSA) is 31.2 Å². The SMILES string of the molecule is CCOC(=O)c1c(C)n2c3c(cccc13)CC2. The van der Waals surface area contributed by atoms with E-state index in [9.17, 15) is 4.79 Å². The van der Waals surface area contributed by atoms with Crippen molar-refractivity contribution in [1.29, 1.82) is 0 Å². The second-order valence-electron chi connectivity index (χ2n) is 4.40. The highest BCUT2D eigenvalue weighted by molar-refractivity contribution is 6.07. The second kappa shape index (κ2) is 3.62. The number of nitrogens with zero attached hydrogens (tertiary/aromatic N) is 1. The molecular weight excluding hydrogens is 214 g/mol. The Hall–Kier alpha value is -1.77. The summed E-state index contributed by atoms with van der Waals surface area (Å²) < 4.78 is 7.37. The van der Waals surface area contributed by atoms with Crippen LogP contribution < -0.4 is 0 Å². The number of hydrogen-bond acceptors (Lipinski definition) is 2. The maximum atomic E-state index is 12.0. The molecule has 3 heteroatoms. The van der Waals surface area contributed by atoms with Gasteiger partial charge >= 0.3 is 5.97 Å². The minimum atomic E-state index is -0.201. The van der Waals surface area contributed by atoms with Crippen molar-refractivity contribution < 1.29 is 9.53 Å². The second-order valence-corrected chi connectivity index (χ2v) is 4.40. The molecule has 1 aliphatic rings. The monoisotopic (exact) mass is 229 g/mol. The van der Waals surface area contributed by atoms with E-state index in [1.54, 1.807) is 0 Å². The van der Waals surface area contributed by atoms with Crippen LogP contribution in [0.4, 0.5) is 0 Å². The number of benzene rings is 1. The van der Waals surface area contributed by atoms with Gasteiger partial charge in [-0.15, -0.1) is 0 Å². The van der Waals surface area contributed by atoms with Crippen LogP contribution in [-0.2, 0) is 17.7 Å². The van der Waals surface area contributed by atoms with Gasteiger partial charge in [0.15, 0.2) is 0 Å². The summed E-state index contributed by atoms with van der Waals surface area (Å²) in [5, 5.41) is 1.04. The van der Waals surface area contributed by atoms with E-state index >= 15 is 0 Å². The highest BCUT2D eigenvalue weighted by Gasteiger charge is 2.25. The van der Waals surface area contributed by atoms with Crippen LogP contribution in [0, 0.1) is 6.92 Å². The van der Waals surface area contributed by atoms with Crippen LogP contribution in [-0.4, -0.2) is 17.1 Å². The van der Waals surface area contributed by atoms with Crippen LogP contribution in [0.3, 0.4) is 0 Å². The first-order chi connectivity index (χ1) is 8.24. The van der Waals surface area contributed by atoms with Crippen LogP contribution in [0.25, 0.3) is 10.9 Å². The Bertz CT molecular complexity index is 610. The molecule has 0 aliphatic carbocycles. The van der Waals surface area contributed by atoms with Crippen molar-refractivity contribution in [3.05, 3.63) is 35.0 Å². The molecule has 0 bridgehead atoms. The Morgan fingerprint density at radius 3 is 3.06 bits per heavy atom. The molecule has 0 amide bonds. The molecule has 0 N–H and O–H groups in total. The van der Waals surface area contributed by atoms with Gasteiger partial charge in [-0.3, -0.25) is 0 Å². The smallest absolute Gasteiger partial charge is 0.340 e. The average molecular weight is 229 g/mol. The molecule has 2 heterocycles. The number of ether oxygens (including phenoxy) is 1. The van der Waals surface area contributed by atoms with Crippen molar-refractivity contribution in [2.24, 2.45) is 0 Å². The van der Waals surface area contributed by atoms with Crippen LogP contribution in [0.15, 0.2) is 18.2 Å². The Balaban J connectivity index is 2.29. The summed E-state index contributed by atoms with van der Waals surface area (Å²) in [5.41, 5.74) is 4.32. The van der Waals surface area contributed by atoms with E-state index in [1.165, 1.54) is 11.1 Å². The number of para-hydroxylation sites is 1. The number of aromatic nitrogens is 1. The molecule has 2 aromatic rings. The van der Waals surface area contributed by atoms with Crippen molar-refractivity contribution in [3.8, 4) is 0 Å². The van der Waals surface area contributed by atoms with Gasteiger partial charge < -0.3 is 9.30 Å². The lowest BCUT2D eigenvalue weighted by Gasteiger charge is -2.04. The maximum Gasteiger partial charge on any atom is 0.340 e. The molecule has 0 unspecified atom stereocenters. The highest BCUT2D eigenvalue weighted by Crippen LogP contribution is 2.33. The van der Waals surface area contributed by atoms with Crippen molar-refractivity contribution >= 4 is 16.9 Å². The van der Waals surface area contributed by atoms with E-state index in [2.05, 4.69) is 10.6 Å². The zero-order chi connectivity index (χ0) is 12.0.